The molecule has 0 saturated heterocycles. The molecule has 1 aromatic carbocycles. The van der Waals surface area contributed by atoms with Gasteiger partial charge in [0.1, 0.15) is 11.9 Å². The van der Waals surface area contributed by atoms with Crippen LogP contribution in [0.5, 0.6) is 0 Å². The van der Waals surface area contributed by atoms with E-state index in [0.717, 1.165) is 0 Å². The number of benzene rings is 1. The lowest BCUT2D eigenvalue weighted by molar-refractivity contribution is -0.148. The number of thiophene rings is 1. The number of hydrogen-bond donors (Lipinski definition) is 2. The molecule has 1 aromatic heterocycles. The van der Waals surface area contributed by atoms with Gasteiger partial charge >= 0.3 is 12.1 Å². The van der Waals surface area contributed by atoms with Gasteiger partial charge in [0.2, 0.25) is 0 Å². The molecule has 1 amide bonds. The number of esters is 1. The number of carbonyl (C=O) groups is 2. The zero-order valence-corrected chi connectivity index (χ0v) is 14.7. The van der Waals surface area contributed by atoms with Crippen molar-refractivity contribution < 1.29 is 37.0 Å². The molecular formula is C17H15F4NO4S. The Hall–Kier alpha value is -2.46. The fourth-order valence-corrected chi connectivity index (χ4v) is 2.99. The van der Waals surface area contributed by atoms with Crippen molar-refractivity contribution >= 4 is 23.2 Å². The van der Waals surface area contributed by atoms with Gasteiger partial charge in [-0.15, -0.1) is 0 Å². The quantitative estimate of drug-likeness (QED) is 0.571. The van der Waals surface area contributed by atoms with Crippen molar-refractivity contribution in [3.63, 3.8) is 0 Å². The molecule has 0 fully saturated rings. The molecule has 2 aromatic rings. The number of aliphatic hydroxyl groups excluding tert-OH is 1. The molecule has 2 atom stereocenters. The summed E-state index contributed by atoms with van der Waals surface area (Å²) in [4.78, 5) is 24.5. The molecule has 10 heteroatoms. The van der Waals surface area contributed by atoms with Crippen molar-refractivity contribution in [1.29, 1.82) is 0 Å². The van der Waals surface area contributed by atoms with Crippen LogP contribution in [0.3, 0.4) is 0 Å². The first-order chi connectivity index (χ1) is 12.6. The Morgan fingerprint density at radius 2 is 2.00 bits per heavy atom. The summed E-state index contributed by atoms with van der Waals surface area (Å²) in [6, 6.07) is 1.39. The summed E-state index contributed by atoms with van der Waals surface area (Å²) in [5.74, 6) is -3.48. The molecule has 0 saturated carbocycles. The zero-order chi connectivity index (χ0) is 20.2. The second-order valence-corrected chi connectivity index (χ2v) is 6.17. The molecule has 0 radical (unpaired) electrons. The predicted octanol–water partition coefficient (Wildman–Crippen LogP) is 3.30. The van der Waals surface area contributed by atoms with E-state index < -0.39 is 47.1 Å². The van der Waals surface area contributed by atoms with Crippen LogP contribution in [0.25, 0.3) is 0 Å². The first kappa shape index (κ1) is 20.8. The summed E-state index contributed by atoms with van der Waals surface area (Å²) >= 11 is 1.22. The van der Waals surface area contributed by atoms with Crippen molar-refractivity contribution in [2.45, 2.75) is 25.2 Å². The van der Waals surface area contributed by atoms with Gasteiger partial charge in [-0.25, -0.2) is 9.18 Å². The number of hydrogen-bond acceptors (Lipinski definition) is 5. The van der Waals surface area contributed by atoms with Crippen LogP contribution in [0.2, 0.25) is 0 Å². The number of ether oxygens (including phenoxy) is 1. The molecule has 2 unspecified atom stereocenters. The van der Waals surface area contributed by atoms with Crippen molar-refractivity contribution in [2.24, 2.45) is 0 Å². The third-order valence-corrected chi connectivity index (χ3v) is 4.26. The molecule has 0 aliphatic carbocycles. The Labute approximate surface area is 155 Å². The van der Waals surface area contributed by atoms with Crippen LogP contribution in [0.1, 0.15) is 34.5 Å². The fourth-order valence-electron chi connectivity index (χ4n) is 2.30. The van der Waals surface area contributed by atoms with Crippen LogP contribution in [0, 0.1) is 5.82 Å². The maximum atomic E-state index is 13.2. The SMILES string of the molecule is CCOC(=O)C(NC(=O)c1ccc(F)cc1C(F)(F)F)C(O)c1ccsc1. The van der Waals surface area contributed by atoms with Gasteiger partial charge in [0.05, 0.1) is 17.7 Å². The molecule has 0 spiro atoms. The van der Waals surface area contributed by atoms with Gasteiger partial charge in [-0.2, -0.15) is 24.5 Å². The molecule has 0 bridgehead atoms. The number of alkyl halides is 3. The number of rotatable bonds is 6. The van der Waals surface area contributed by atoms with Gasteiger partial charge in [0, 0.05) is 0 Å². The standard InChI is InChI=1S/C17H15F4NO4S/c1-2-26-16(25)13(14(23)9-5-6-27-8-9)22-15(24)11-4-3-10(18)7-12(11)17(19,20)21/h3-8,13-14,23H,2H2,1H3,(H,22,24). The summed E-state index contributed by atoms with van der Waals surface area (Å²) in [5.41, 5.74) is -2.09. The lowest BCUT2D eigenvalue weighted by Gasteiger charge is -2.23. The molecule has 146 valence electrons. The van der Waals surface area contributed by atoms with E-state index in [-0.39, 0.29) is 18.2 Å². The predicted molar refractivity (Wildman–Crippen MR) is 88.6 cm³/mol. The van der Waals surface area contributed by atoms with E-state index in [4.69, 9.17) is 4.74 Å². The van der Waals surface area contributed by atoms with Crippen LogP contribution < -0.4 is 5.32 Å². The Balaban J connectivity index is 2.35. The molecule has 0 aliphatic rings. The van der Waals surface area contributed by atoms with Gasteiger partial charge in [0.25, 0.3) is 5.91 Å². The average molecular weight is 405 g/mol. The maximum Gasteiger partial charge on any atom is 0.417 e. The molecule has 2 N–H and O–H groups in total. The molecule has 1 heterocycles. The summed E-state index contributed by atoms with van der Waals surface area (Å²) < 4.78 is 57.3. The number of amides is 1. The fraction of sp³-hybridized carbons (Fsp3) is 0.294. The van der Waals surface area contributed by atoms with Gasteiger partial charge in [-0.1, -0.05) is 0 Å². The minimum absolute atomic E-state index is 0.0636. The lowest BCUT2D eigenvalue weighted by atomic mass is 10.0. The third-order valence-electron chi connectivity index (χ3n) is 3.56. The van der Waals surface area contributed by atoms with Gasteiger partial charge in [0.15, 0.2) is 6.04 Å². The highest BCUT2D eigenvalue weighted by Crippen LogP contribution is 2.33. The van der Waals surface area contributed by atoms with E-state index >= 15 is 0 Å². The van der Waals surface area contributed by atoms with E-state index in [1.165, 1.54) is 29.7 Å². The Bertz CT molecular complexity index is 808. The van der Waals surface area contributed by atoms with Crippen molar-refractivity contribution in [3.05, 3.63) is 57.5 Å². The van der Waals surface area contributed by atoms with Crippen molar-refractivity contribution in [1.82, 2.24) is 5.32 Å². The monoisotopic (exact) mass is 405 g/mol. The van der Waals surface area contributed by atoms with E-state index in [1.807, 2.05) is 0 Å². The zero-order valence-electron chi connectivity index (χ0n) is 13.9. The summed E-state index contributed by atoms with van der Waals surface area (Å²) in [5, 5.41) is 15.5. The van der Waals surface area contributed by atoms with E-state index in [0.29, 0.717) is 12.1 Å². The molecule has 5 nitrogen and oxygen atoms in total. The molecule has 2 rings (SSSR count). The second kappa shape index (κ2) is 8.49. The largest absolute Gasteiger partial charge is 0.464 e. The van der Waals surface area contributed by atoms with Crippen molar-refractivity contribution in [2.75, 3.05) is 6.61 Å². The Kier molecular flexibility index (Phi) is 6.55. The smallest absolute Gasteiger partial charge is 0.417 e. The van der Waals surface area contributed by atoms with E-state index in [1.54, 1.807) is 5.38 Å². The van der Waals surface area contributed by atoms with Gasteiger partial charge in [-0.05, 0) is 47.5 Å². The highest BCUT2D eigenvalue weighted by atomic mass is 32.1. The molecular weight excluding hydrogens is 390 g/mol. The number of carbonyl (C=O) groups excluding carboxylic acids is 2. The van der Waals surface area contributed by atoms with Crippen LogP contribution in [-0.4, -0.2) is 29.6 Å². The normalized spacial score (nSPS) is 13.7. The van der Waals surface area contributed by atoms with Crippen LogP contribution in [0.15, 0.2) is 35.0 Å². The summed E-state index contributed by atoms with van der Waals surface area (Å²) in [6.45, 7) is 1.43. The number of aliphatic hydroxyl groups is 1. The lowest BCUT2D eigenvalue weighted by Crippen LogP contribution is -2.46. The van der Waals surface area contributed by atoms with Crippen LogP contribution in [0.4, 0.5) is 17.6 Å². The highest BCUT2D eigenvalue weighted by Gasteiger charge is 2.38. The van der Waals surface area contributed by atoms with E-state index in [9.17, 15) is 32.3 Å². The highest BCUT2D eigenvalue weighted by molar-refractivity contribution is 7.07. The topological polar surface area (TPSA) is 75.6 Å². The molecule has 0 aliphatic heterocycles. The average Bonchev–Trinajstić information content (AvgIpc) is 3.12. The maximum absolute atomic E-state index is 13.2. The van der Waals surface area contributed by atoms with Crippen LogP contribution >= 0.6 is 11.3 Å². The third kappa shape index (κ3) is 5.04. The van der Waals surface area contributed by atoms with Gasteiger partial charge < -0.3 is 15.2 Å². The summed E-state index contributed by atoms with van der Waals surface area (Å²) in [7, 11) is 0. The number of halogens is 4. The molecule has 27 heavy (non-hydrogen) atoms. The first-order valence-electron chi connectivity index (χ1n) is 7.69. The Morgan fingerprint density at radius 1 is 1.30 bits per heavy atom. The van der Waals surface area contributed by atoms with E-state index in [2.05, 4.69) is 5.32 Å². The first-order valence-corrected chi connectivity index (χ1v) is 8.63. The number of nitrogens with one attached hydrogen (secondary N) is 1. The minimum atomic E-state index is -4.99. The second-order valence-electron chi connectivity index (χ2n) is 5.39. The summed E-state index contributed by atoms with van der Waals surface area (Å²) in [6.07, 6.45) is -6.52. The van der Waals surface area contributed by atoms with Gasteiger partial charge in [-0.3, -0.25) is 4.79 Å². The van der Waals surface area contributed by atoms with Crippen LogP contribution in [-0.2, 0) is 15.7 Å². The minimum Gasteiger partial charge on any atom is -0.464 e. The Morgan fingerprint density at radius 3 is 2.56 bits per heavy atom. The van der Waals surface area contributed by atoms with Crippen molar-refractivity contribution in [3.8, 4) is 0 Å².